The van der Waals surface area contributed by atoms with E-state index in [0.29, 0.717) is 5.69 Å². The van der Waals surface area contributed by atoms with Crippen LogP contribution in [0.1, 0.15) is 6.42 Å². The predicted octanol–water partition coefficient (Wildman–Crippen LogP) is 2.86. The Hall–Kier alpha value is -3.36. The smallest absolute Gasteiger partial charge is 0.306 e. The van der Waals surface area contributed by atoms with E-state index in [4.69, 9.17) is 0 Å². The van der Waals surface area contributed by atoms with Gasteiger partial charge in [0.2, 0.25) is 17.6 Å². The zero-order valence-electron chi connectivity index (χ0n) is 13.3. The van der Waals surface area contributed by atoms with Crippen molar-refractivity contribution in [2.75, 3.05) is 16.8 Å². The lowest BCUT2D eigenvalue weighted by Crippen LogP contribution is -2.28. The molecule has 26 heavy (non-hydrogen) atoms. The summed E-state index contributed by atoms with van der Waals surface area (Å²) in [5.74, 6) is -2.95. The third-order valence-corrected chi connectivity index (χ3v) is 4.05. The minimum Gasteiger partial charge on any atom is -0.326 e. The fraction of sp³-hybridized carbons (Fsp3) is 0.176. The molecule has 9 heteroatoms. The Kier molecular flexibility index (Phi) is 4.61. The van der Waals surface area contributed by atoms with Crippen LogP contribution in [0.2, 0.25) is 0 Å². The van der Waals surface area contributed by atoms with Crippen molar-refractivity contribution < 1.29 is 23.3 Å². The molecule has 0 saturated carbocycles. The SMILES string of the molecule is O=C(Nc1ccc(F)cc1)C1CC(=O)N(c2ccc(F)c([N+](=O)[O-])c2)C1. The highest BCUT2D eigenvalue weighted by atomic mass is 19.1. The van der Waals surface area contributed by atoms with Crippen molar-refractivity contribution in [1.29, 1.82) is 0 Å². The second-order valence-electron chi connectivity index (χ2n) is 5.79. The highest BCUT2D eigenvalue weighted by molar-refractivity contribution is 6.03. The molecule has 2 amide bonds. The molecule has 1 unspecified atom stereocenters. The molecule has 1 aliphatic heterocycles. The lowest BCUT2D eigenvalue weighted by Gasteiger charge is -2.16. The maximum atomic E-state index is 13.4. The molecule has 0 bridgehead atoms. The van der Waals surface area contributed by atoms with E-state index in [1.807, 2.05) is 0 Å². The fourth-order valence-electron chi connectivity index (χ4n) is 2.72. The monoisotopic (exact) mass is 361 g/mol. The molecule has 1 fully saturated rings. The van der Waals surface area contributed by atoms with Crippen LogP contribution in [0.15, 0.2) is 42.5 Å². The molecule has 0 radical (unpaired) electrons. The van der Waals surface area contributed by atoms with E-state index in [0.717, 1.165) is 12.1 Å². The van der Waals surface area contributed by atoms with Crippen molar-refractivity contribution in [3.63, 3.8) is 0 Å². The van der Waals surface area contributed by atoms with Gasteiger partial charge >= 0.3 is 5.69 Å². The molecule has 1 aliphatic rings. The van der Waals surface area contributed by atoms with Gasteiger partial charge in [0.05, 0.1) is 16.5 Å². The molecular formula is C17H13F2N3O4. The number of halogens is 2. The molecule has 7 nitrogen and oxygen atoms in total. The van der Waals surface area contributed by atoms with Gasteiger partial charge in [-0.15, -0.1) is 0 Å². The molecular weight excluding hydrogens is 348 g/mol. The first-order valence-electron chi connectivity index (χ1n) is 7.66. The predicted molar refractivity (Wildman–Crippen MR) is 88.5 cm³/mol. The van der Waals surface area contributed by atoms with Crippen molar-refractivity contribution >= 4 is 28.9 Å². The Morgan fingerprint density at radius 1 is 1.19 bits per heavy atom. The maximum absolute atomic E-state index is 13.4. The number of amides is 2. The van der Waals surface area contributed by atoms with E-state index in [-0.39, 0.29) is 18.7 Å². The van der Waals surface area contributed by atoms with Crippen molar-refractivity contribution in [3.05, 3.63) is 64.2 Å². The number of hydrogen-bond acceptors (Lipinski definition) is 4. The van der Waals surface area contributed by atoms with E-state index < -0.39 is 40.0 Å². The van der Waals surface area contributed by atoms with E-state index in [9.17, 15) is 28.5 Å². The molecule has 3 rings (SSSR count). The number of nitro benzene ring substituents is 1. The lowest BCUT2D eigenvalue weighted by atomic mass is 10.1. The van der Waals surface area contributed by atoms with Gasteiger partial charge in [-0.2, -0.15) is 4.39 Å². The summed E-state index contributed by atoms with van der Waals surface area (Å²) in [5.41, 5.74) is -0.200. The third kappa shape index (κ3) is 3.51. The zero-order chi connectivity index (χ0) is 18.8. The number of rotatable bonds is 4. The van der Waals surface area contributed by atoms with Crippen LogP contribution >= 0.6 is 0 Å². The van der Waals surface area contributed by atoms with Gasteiger partial charge in [-0.3, -0.25) is 19.7 Å². The Morgan fingerprint density at radius 3 is 2.54 bits per heavy atom. The molecule has 0 aromatic heterocycles. The Labute approximate surface area is 146 Å². The highest BCUT2D eigenvalue weighted by Gasteiger charge is 2.36. The van der Waals surface area contributed by atoms with Crippen LogP contribution in [0.4, 0.5) is 25.8 Å². The number of carbonyl (C=O) groups excluding carboxylic acids is 2. The molecule has 1 atom stereocenters. The van der Waals surface area contributed by atoms with Gasteiger partial charge in [-0.1, -0.05) is 0 Å². The number of hydrogen-bond donors (Lipinski definition) is 1. The first-order valence-corrected chi connectivity index (χ1v) is 7.66. The second-order valence-corrected chi connectivity index (χ2v) is 5.79. The van der Waals surface area contributed by atoms with Crippen molar-refractivity contribution in [2.24, 2.45) is 5.92 Å². The summed E-state index contributed by atoms with van der Waals surface area (Å²) < 4.78 is 26.3. The first-order chi connectivity index (χ1) is 12.3. The second kappa shape index (κ2) is 6.87. The van der Waals surface area contributed by atoms with Crippen molar-refractivity contribution in [1.82, 2.24) is 0 Å². The third-order valence-electron chi connectivity index (χ3n) is 4.05. The van der Waals surface area contributed by atoms with Gasteiger partial charge in [0.25, 0.3) is 0 Å². The van der Waals surface area contributed by atoms with Crippen LogP contribution < -0.4 is 10.2 Å². The number of nitrogens with zero attached hydrogens (tertiary/aromatic N) is 2. The van der Waals surface area contributed by atoms with Crippen molar-refractivity contribution in [3.8, 4) is 0 Å². The minimum absolute atomic E-state index is 0.00858. The largest absolute Gasteiger partial charge is 0.326 e. The number of anilines is 2. The Balaban J connectivity index is 1.74. The first kappa shape index (κ1) is 17.5. The van der Waals surface area contributed by atoms with Crippen LogP contribution in [0.5, 0.6) is 0 Å². The van der Waals surface area contributed by atoms with Crippen LogP contribution in [-0.4, -0.2) is 23.3 Å². The van der Waals surface area contributed by atoms with E-state index in [1.54, 1.807) is 0 Å². The van der Waals surface area contributed by atoms with Gasteiger partial charge in [-0.05, 0) is 36.4 Å². The van der Waals surface area contributed by atoms with Gasteiger partial charge < -0.3 is 10.2 Å². The fourth-order valence-corrected chi connectivity index (χ4v) is 2.72. The zero-order valence-corrected chi connectivity index (χ0v) is 13.3. The molecule has 1 saturated heterocycles. The van der Waals surface area contributed by atoms with Gasteiger partial charge in [-0.25, -0.2) is 4.39 Å². The summed E-state index contributed by atoms with van der Waals surface area (Å²) in [6.45, 7) is 0.00858. The molecule has 0 spiro atoms. The normalized spacial score (nSPS) is 16.6. The van der Waals surface area contributed by atoms with Gasteiger partial charge in [0, 0.05) is 24.7 Å². The molecule has 2 aromatic rings. The average Bonchev–Trinajstić information content (AvgIpc) is 2.99. The van der Waals surface area contributed by atoms with Crippen LogP contribution in [0.3, 0.4) is 0 Å². The van der Waals surface area contributed by atoms with Gasteiger partial charge in [0.1, 0.15) is 5.82 Å². The maximum Gasteiger partial charge on any atom is 0.306 e. The van der Waals surface area contributed by atoms with Gasteiger partial charge in [0.15, 0.2) is 0 Å². The quantitative estimate of drug-likeness (QED) is 0.669. The molecule has 2 aromatic carbocycles. The van der Waals surface area contributed by atoms with E-state index >= 15 is 0 Å². The summed E-state index contributed by atoms with van der Waals surface area (Å²) in [6, 6.07) is 8.30. The highest BCUT2D eigenvalue weighted by Crippen LogP contribution is 2.30. The lowest BCUT2D eigenvalue weighted by molar-refractivity contribution is -0.387. The topological polar surface area (TPSA) is 92.6 Å². The molecule has 134 valence electrons. The number of benzene rings is 2. The number of nitro groups is 1. The van der Waals surface area contributed by atoms with Crippen LogP contribution in [0, 0.1) is 27.7 Å². The summed E-state index contributed by atoms with van der Waals surface area (Å²) in [7, 11) is 0. The summed E-state index contributed by atoms with van der Waals surface area (Å²) in [4.78, 5) is 35.7. The average molecular weight is 361 g/mol. The van der Waals surface area contributed by atoms with E-state index in [1.165, 1.54) is 35.2 Å². The number of carbonyl (C=O) groups is 2. The molecule has 1 N–H and O–H groups in total. The summed E-state index contributed by atoms with van der Waals surface area (Å²) in [5, 5.41) is 13.4. The van der Waals surface area contributed by atoms with E-state index in [2.05, 4.69) is 5.32 Å². The minimum atomic E-state index is -1.00. The molecule has 1 heterocycles. The summed E-state index contributed by atoms with van der Waals surface area (Å²) >= 11 is 0. The Morgan fingerprint density at radius 2 is 1.88 bits per heavy atom. The van der Waals surface area contributed by atoms with Crippen LogP contribution in [-0.2, 0) is 9.59 Å². The standard InChI is InChI=1S/C17H13F2N3O4/c18-11-1-3-12(4-2-11)20-17(24)10-7-16(23)21(9-10)13-5-6-14(19)15(8-13)22(25)26/h1-6,8,10H,7,9H2,(H,20,24). The number of nitrogens with one attached hydrogen (secondary N) is 1. The van der Waals surface area contributed by atoms with Crippen LogP contribution in [0.25, 0.3) is 0 Å². The Bertz CT molecular complexity index is 886. The molecule has 0 aliphatic carbocycles. The van der Waals surface area contributed by atoms with Crippen molar-refractivity contribution in [2.45, 2.75) is 6.42 Å². The summed E-state index contributed by atoms with van der Waals surface area (Å²) in [6.07, 6.45) is -0.0851.